The van der Waals surface area contributed by atoms with E-state index in [1.54, 1.807) is 24.3 Å². The van der Waals surface area contributed by atoms with Crippen molar-refractivity contribution in [2.75, 3.05) is 6.61 Å². The van der Waals surface area contributed by atoms with Crippen LogP contribution in [0.25, 0.3) is 10.9 Å². The van der Waals surface area contributed by atoms with Gasteiger partial charge in [-0.25, -0.2) is 0 Å². The zero-order valence-corrected chi connectivity index (χ0v) is 17.0. The van der Waals surface area contributed by atoms with E-state index < -0.39 is 5.97 Å². The zero-order valence-electron chi connectivity index (χ0n) is 14.3. The molecular formula is C19H17ClNNaO3. The van der Waals surface area contributed by atoms with E-state index in [0.717, 1.165) is 23.3 Å². The van der Waals surface area contributed by atoms with Crippen molar-refractivity contribution in [3.63, 3.8) is 0 Å². The predicted molar refractivity (Wildman–Crippen MR) is 92.6 cm³/mol. The molecule has 0 atom stereocenters. The molecule has 6 heteroatoms. The van der Waals surface area contributed by atoms with Crippen molar-refractivity contribution in [2.24, 2.45) is 0 Å². The Morgan fingerprint density at radius 1 is 1.24 bits per heavy atom. The first-order valence-corrected chi connectivity index (χ1v) is 8.18. The van der Waals surface area contributed by atoms with Gasteiger partial charge in [0.15, 0.2) is 0 Å². The molecule has 25 heavy (non-hydrogen) atoms. The van der Waals surface area contributed by atoms with Crippen molar-refractivity contribution in [3.8, 4) is 5.75 Å². The van der Waals surface area contributed by atoms with Crippen LogP contribution in [0.1, 0.15) is 29.3 Å². The Kier molecular flexibility index (Phi) is 6.96. The van der Waals surface area contributed by atoms with Crippen LogP contribution in [0, 0.1) is 0 Å². The summed E-state index contributed by atoms with van der Waals surface area (Å²) in [6, 6.07) is 12.5. The molecule has 0 unspecified atom stereocenters. The molecule has 3 rings (SSSR count). The van der Waals surface area contributed by atoms with Gasteiger partial charge >= 0.3 is 29.6 Å². The van der Waals surface area contributed by atoms with Gasteiger partial charge in [-0.3, -0.25) is 0 Å². The van der Waals surface area contributed by atoms with Gasteiger partial charge in [-0.15, -0.1) is 0 Å². The minimum Gasteiger partial charge on any atom is -0.545 e. The fraction of sp³-hybridized carbons (Fsp3) is 0.211. The smallest absolute Gasteiger partial charge is 0.545 e. The van der Waals surface area contributed by atoms with E-state index in [4.69, 9.17) is 16.3 Å². The molecule has 0 aliphatic heterocycles. The van der Waals surface area contributed by atoms with Crippen molar-refractivity contribution in [1.29, 1.82) is 0 Å². The molecule has 1 aromatic heterocycles. The van der Waals surface area contributed by atoms with E-state index >= 15 is 0 Å². The molecule has 0 fully saturated rings. The van der Waals surface area contributed by atoms with Crippen LogP contribution in [-0.4, -0.2) is 17.1 Å². The minimum absolute atomic E-state index is 0. The number of carbonyl (C=O) groups excluding carboxylic acids is 1. The molecule has 0 radical (unpaired) electrons. The van der Waals surface area contributed by atoms with Crippen molar-refractivity contribution in [2.45, 2.75) is 19.9 Å². The van der Waals surface area contributed by atoms with Gasteiger partial charge in [0.1, 0.15) is 5.75 Å². The summed E-state index contributed by atoms with van der Waals surface area (Å²) in [5.74, 6) is -0.382. The summed E-state index contributed by atoms with van der Waals surface area (Å²) < 4.78 is 7.77. The molecule has 0 saturated heterocycles. The number of aromatic nitrogens is 1. The van der Waals surface area contributed by atoms with E-state index in [-0.39, 0.29) is 35.1 Å². The second kappa shape index (κ2) is 8.77. The molecule has 4 nitrogen and oxygen atoms in total. The first-order valence-electron chi connectivity index (χ1n) is 7.80. The molecule has 0 saturated carbocycles. The number of halogens is 1. The van der Waals surface area contributed by atoms with Crippen molar-refractivity contribution in [1.82, 2.24) is 4.57 Å². The number of hydrogen-bond acceptors (Lipinski definition) is 3. The number of ether oxygens (including phenoxy) is 1. The monoisotopic (exact) mass is 365 g/mol. The summed E-state index contributed by atoms with van der Waals surface area (Å²) >= 11 is 6.13. The van der Waals surface area contributed by atoms with Gasteiger partial charge in [-0.1, -0.05) is 30.7 Å². The Morgan fingerprint density at radius 3 is 2.76 bits per heavy atom. The molecule has 1 heterocycles. The topological polar surface area (TPSA) is 54.3 Å². The van der Waals surface area contributed by atoms with Crippen LogP contribution < -0.4 is 39.4 Å². The third kappa shape index (κ3) is 4.39. The SMILES string of the molecule is CCCOc1ccc(Cl)cc1Cn1ccc2c(C(=O)[O-])cccc21.[Na+]. The van der Waals surface area contributed by atoms with Gasteiger partial charge in [0.05, 0.1) is 19.1 Å². The Morgan fingerprint density at radius 2 is 2.04 bits per heavy atom. The summed E-state index contributed by atoms with van der Waals surface area (Å²) in [5, 5.41) is 12.5. The van der Waals surface area contributed by atoms with E-state index in [2.05, 4.69) is 6.92 Å². The number of carboxylic acid groups (broad SMARTS) is 1. The van der Waals surface area contributed by atoms with Crippen LogP contribution in [0.15, 0.2) is 48.7 Å². The molecule has 0 aliphatic carbocycles. The van der Waals surface area contributed by atoms with Crippen molar-refractivity contribution in [3.05, 3.63) is 64.8 Å². The maximum atomic E-state index is 11.2. The number of rotatable bonds is 6. The molecular weight excluding hydrogens is 349 g/mol. The van der Waals surface area contributed by atoms with E-state index in [1.807, 2.05) is 29.0 Å². The summed E-state index contributed by atoms with van der Waals surface area (Å²) in [6.07, 6.45) is 2.78. The fourth-order valence-electron chi connectivity index (χ4n) is 2.75. The van der Waals surface area contributed by atoms with Gasteiger partial charge in [-0.05, 0) is 36.8 Å². The second-order valence-electron chi connectivity index (χ2n) is 5.57. The Bertz CT molecular complexity index is 892. The Labute approximate surface area is 173 Å². The Balaban J connectivity index is 0.00000225. The van der Waals surface area contributed by atoms with Gasteiger partial charge < -0.3 is 19.2 Å². The van der Waals surface area contributed by atoms with E-state index in [1.165, 1.54) is 0 Å². The normalized spacial score (nSPS) is 10.5. The third-order valence-corrected chi connectivity index (χ3v) is 4.09. The average Bonchev–Trinajstić information content (AvgIpc) is 2.97. The maximum absolute atomic E-state index is 11.2. The largest absolute Gasteiger partial charge is 1.00 e. The van der Waals surface area contributed by atoms with Gasteiger partial charge in [-0.2, -0.15) is 0 Å². The predicted octanol–water partition coefficient (Wildman–Crippen LogP) is 0.499. The summed E-state index contributed by atoms with van der Waals surface area (Å²) in [5.41, 5.74) is 1.98. The number of carbonyl (C=O) groups is 1. The van der Waals surface area contributed by atoms with Crippen molar-refractivity contribution >= 4 is 28.5 Å². The molecule has 0 aliphatic rings. The van der Waals surface area contributed by atoms with Crippen LogP contribution in [-0.2, 0) is 6.54 Å². The molecule has 0 amide bonds. The first-order chi connectivity index (χ1) is 11.6. The molecule has 0 spiro atoms. The van der Waals surface area contributed by atoms with Crippen LogP contribution >= 0.6 is 11.6 Å². The van der Waals surface area contributed by atoms with Gasteiger partial charge in [0.25, 0.3) is 0 Å². The minimum atomic E-state index is -1.17. The quantitative estimate of drug-likeness (QED) is 0.598. The fourth-order valence-corrected chi connectivity index (χ4v) is 2.94. The van der Waals surface area contributed by atoms with Gasteiger partial charge in [0, 0.05) is 33.2 Å². The van der Waals surface area contributed by atoms with E-state index in [0.29, 0.717) is 23.6 Å². The first kappa shape index (κ1) is 19.9. The molecule has 2 aromatic carbocycles. The zero-order chi connectivity index (χ0) is 17.1. The van der Waals surface area contributed by atoms with E-state index in [9.17, 15) is 9.90 Å². The number of aromatic carboxylic acids is 1. The van der Waals surface area contributed by atoms with Crippen molar-refractivity contribution < 1.29 is 44.2 Å². The number of fused-ring (bicyclic) bond motifs is 1. The summed E-state index contributed by atoms with van der Waals surface area (Å²) in [7, 11) is 0. The Hall–Kier alpha value is -1.46. The van der Waals surface area contributed by atoms with Crippen LogP contribution in [0.2, 0.25) is 5.02 Å². The molecule has 0 bridgehead atoms. The van der Waals surface area contributed by atoms with Crippen LogP contribution in [0.4, 0.5) is 0 Å². The summed E-state index contributed by atoms with van der Waals surface area (Å²) in [6.45, 7) is 3.23. The number of carboxylic acids is 1. The summed E-state index contributed by atoms with van der Waals surface area (Å²) in [4.78, 5) is 11.2. The number of nitrogens with zero attached hydrogens (tertiary/aromatic N) is 1. The molecule has 124 valence electrons. The van der Waals surface area contributed by atoms with Crippen LogP contribution in [0.5, 0.6) is 5.75 Å². The number of hydrogen-bond donors (Lipinski definition) is 0. The standard InChI is InChI=1S/C19H18ClNO3.Na/c1-2-10-24-18-7-6-14(20)11-13(18)12-21-9-8-15-16(19(22)23)4-3-5-17(15)21;/h3-9,11H,2,10,12H2,1H3,(H,22,23);/q;+1/p-1. The van der Waals surface area contributed by atoms with Crippen LogP contribution in [0.3, 0.4) is 0 Å². The van der Waals surface area contributed by atoms with Gasteiger partial charge in [0.2, 0.25) is 0 Å². The molecule has 3 aromatic rings. The third-order valence-electron chi connectivity index (χ3n) is 3.86. The second-order valence-corrected chi connectivity index (χ2v) is 6.01. The number of benzene rings is 2. The maximum Gasteiger partial charge on any atom is 1.00 e. The average molecular weight is 366 g/mol. The molecule has 0 N–H and O–H groups in total.